The first-order valence-electron chi connectivity index (χ1n) is 15.6. The Morgan fingerprint density at radius 2 is 1.51 bits per heavy atom. The van der Waals surface area contributed by atoms with Crippen LogP contribution in [0.5, 0.6) is 5.75 Å². The Morgan fingerprint density at radius 3 is 2.19 bits per heavy atom. The number of fused-ring (bicyclic) bond motifs is 1. The smallest absolute Gasteiger partial charge is 0.257 e. The summed E-state index contributed by atoms with van der Waals surface area (Å²) in [5, 5.41) is 3.07. The molecule has 2 spiro atoms. The number of anilines is 4. The number of nitrogens with one attached hydrogen (secondary N) is 2. The molecule has 8 nitrogen and oxygen atoms in total. The second-order valence-corrected chi connectivity index (χ2v) is 15.5. The van der Waals surface area contributed by atoms with E-state index in [0.29, 0.717) is 52.2 Å². The summed E-state index contributed by atoms with van der Waals surface area (Å²) in [7, 11) is -3.48. The van der Waals surface area contributed by atoms with Gasteiger partial charge in [-0.05, 0) is 86.6 Å². The van der Waals surface area contributed by atoms with E-state index in [1.165, 1.54) is 25.7 Å². The lowest BCUT2D eigenvalue weighted by Crippen LogP contribution is -2.48. The fraction of sp³-hybridized carbons (Fsp3) is 0.594. The number of rotatable bonds is 7. The zero-order chi connectivity index (χ0) is 30.0. The van der Waals surface area contributed by atoms with Gasteiger partial charge in [0.05, 0.1) is 35.0 Å². The molecule has 2 saturated heterocycles. The molecule has 2 saturated carbocycles. The average molecular weight is 615 g/mol. The van der Waals surface area contributed by atoms with Crippen molar-refractivity contribution in [1.82, 2.24) is 0 Å². The summed E-state index contributed by atoms with van der Waals surface area (Å²) in [5.41, 5.74) is 4.94. The molecule has 0 atom stereocenters. The number of benzene rings is 2. The van der Waals surface area contributed by atoms with Crippen molar-refractivity contribution in [3.8, 4) is 5.75 Å². The fourth-order valence-corrected chi connectivity index (χ4v) is 8.44. The van der Waals surface area contributed by atoms with Crippen molar-refractivity contribution >= 4 is 38.7 Å². The Kier molecular flexibility index (Phi) is 6.83. The number of carbonyl (C=O) groups is 1. The summed E-state index contributed by atoms with van der Waals surface area (Å²) in [6.45, 7) is 4.18. The molecule has 3 aliphatic heterocycles. The Balaban J connectivity index is 1.15. The van der Waals surface area contributed by atoms with E-state index in [0.717, 1.165) is 37.2 Å². The minimum absolute atomic E-state index is 0.0441. The highest BCUT2D eigenvalue weighted by Gasteiger charge is 2.60. The van der Waals surface area contributed by atoms with Crippen LogP contribution in [0, 0.1) is 10.8 Å². The number of amides is 1. The van der Waals surface area contributed by atoms with Gasteiger partial charge in [-0.2, -0.15) is 0 Å². The van der Waals surface area contributed by atoms with E-state index in [1.807, 2.05) is 17.0 Å². The molecule has 43 heavy (non-hydrogen) atoms. The molecule has 2 N–H and O–H groups in total. The monoisotopic (exact) mass is 614 g/mol. The summed E-state index contributed by atoms with van der Waals surface area (Å²) in [5.74, 6) is -2.29. The Bertz CT molecular complexity index is 1530. The number of hydrogen-bond acceptors (Lipinski definition) is 6. The summed E-state index contributed by atoms with van der Waals surface area (Å²) < 4.78 is 61.0. The van der Waals surface area contributed by atoms with Gasteiger partial charge >= 0.3 is 0 Å². The number of hydrogen-bond donors (Lipinski definition) is 2. The van der Waals surface area contributed by atoms with Crippen LogP contribution in [0.15, 0.2) is 30.3 Å². The van der Waals surface area contributed by atoms with Crippen molar-refractivity contribution in [2.24, 2.45) is 10.8 Å². The highest BCUT2D eigenvalue weighted by Crippen LogP contribution is 2.71. The minimum atomic E-state index is -3.48. The van der Waals surface area contributed by atoms with Crippen molar-refractivity contribution < 1.29 is 26.7 Å². The average Bonchev–Trinajstić information content (AvgIpc) is 3.58. The van der Waals surface area contributed by atoms with Crippen molar-refractivity contribution in [3.63, 3.8) is 0 Å². The molecule has 0 aromatic heterocycles. The molecule has 1 amide bonds. The van der Waals surface area contributed by atoms with E-state index in [2.05, 4.69) is 14.9 Å². The lowest BCUT2D eigenvalue weighted by atomic mass is 9.55. The van der Waals surface area contributed by atoms with Gasteiger partial charge in [0.1, 0.15) is 5.75 Å². The third-order valence-corrected chi connectivity index (χ3v) is 11.7. The van der Waals surface area contributed by atoms with Crippen molar-refractivity contribution in [3.05, 3.63) is 41.5 Å². The molecule has 2 aromatic rings. The Hall–Kier alpha value is -3.08. The van der Waals surface area contributed by atoms with E-state index in [-0.39, 0.29) is 37.6 Å². The van der Waals surface area contributed by atoms with Crippen LogP contribution in [-0.4, -0.2) is 58.8 Å². The topological polar surface area (TPSA) is 91.0 Å². The van der Waals surface area contributed by atoms with E-state index < -0.39 is 15.9 Å². The van der Waals surface area contributed by atoms with Gasteiger partial charge in [0, 0.05) is 56.7 Å². The standard InChI is InChI=1S/C32H40F2N4O4S/c1-2-43(40,41)36-23-3-4-25(26(18-23)37-12-8-31(9-13-37)20-30(21-31)6-7-30)29(39)35-24-17-22-5-16-42-28(22)27(19-24)38-14-10-32(33,34)11-15-38/h3-4,17-19,36H,2,5-16,20-21H2,1H3,(H,35,39). The van der Waals surface area contributed by atoms with Crippen molar-refractivity contribution in [2.75, 3.05) is 58.4 Å². The fourth-order valence-electron chi connectivity index (χ4n) is 7.81. The van der Waals surface area contributed by atoms with Gasteiger partial charge in [-0.1, -0.05) is 0 Å². The Morgan fingerprint density at radius 1 is 0.884 bits per heavy atom. The highest BCUT2D eigenvalue weighted by molar-refractivity contribution is 7.92. The minimum Gasteiger partial charge on any atom is -0.491 e. The van der Waals surface area contributed by atoms with Crippen LogP contribution in [0.1, 0.15) is 74.2 Å². The molecule has 2 aliphatic carbocycles. The maximum Gasteiger partial charge on any atom is 0.257 e. The van der Waals surface area contributed by atoms with Gasteiger partial charge in [-0.15, -0.1) is 0 Å². The van der Waals surface area contributed by atoms with Crippen molar-refractivity contribution in [2.45, 2.75) is 70.6 Å². The van der Waals surface area contributed by atoms with Crippen LogP contribution in [-0.2, 0) is 16.4 Å². The largest absolute Gasteiger partial charge is 0.491 e. The first kappa shape index (κ1) is 28.7. The number of ether oxygens (including phenoxy) is 1. The first-order valence-corrected chi connectivity index (χ1v) is 17.3. The predicted octanol–water partition coefficient (Wildman–Crippen LogP) is 6.03. The number of nitrogens with zero attached hydrogens (tertiary/aromatic N) is 2. The summed E-state index contributed by atoms with van der Waals surface area (Å²) in [4.78, 5) is 18.0. The lowest BCUT2D eigenvalue weighted by molar-refractivity contribution is -0.0221. The zero-order valence-electron chi connectivity index (χ0n) is 24.7. The van der Waals surface area contributed by atoms with Crippen molar-refractivity contribution in [1.29, 1.82) is 0 Å². The number of alkyl halides is 2. The number of carbonyl (C=O) groups excluding carboxylic acids is 1. The molecule has 11 heteroatoms. The van der Waals surface area contributed by atoms with Gasteiger partial charge in [0.25, 0.3) is 11.8 Å². The van der Waals surface area contributed by atoms with Crippen LogP contribution in [0.4, 0.5) is 31.5 Å². The summed E-state index contributed by atoms with van der Waals surface area (Å²) in [6.07, 6.45) is 7.76. The molecular formula is C32H40F2N4O4S. The van der Waals surface area contributed by atoms with Crippen LogP contribution in [0.25, 0.3) is 0 Å². The predicted molar refractivity (Wildman–Crippen MR) is 164 cm³/mol. The van der Waals surface area contributed by atoms with E-state index >= 15 is 0 Å². The maximum atomic E-state index is 13.9. The van der Waals surface area contributed by atoms with Gasteiger partial charge in [0.2, 0.25) is 10.0 Å². The van der Waals surface area contributed by atoms with Crippen LogP contribution in [0.3, 0.4) is 0 Å². The zero-order valence-corrected chi connectivity index (χ0v) is 25.5. The van der Waals surface area contributed by atoms with Gasteiger partial charge in [-0.25, -0.2) is 17.2 Å². The van der Waals surface area contributed by atoms with E-state index in [9.17, 15) is 22.0 Å². The van der Waals surface area contributed by atoms with Crippen LogP contribution < -0.4 is 24.6 Å². The Labute approximate surface area is 252 Å². The molecule has 3 heterocycles. The molecule has 5 aliphatic rings. The second kappa shape index (κ2) is 10.2. The molecule has 0 bridgehead atoms. The van der Waals surface area contributed by atoms with Gasteiger partial charge in [0.15, 0.2) is 0 Å². The molecule has 0 radical (unpaired) electrons. The van der Waals surface area contributed by atoms with Gasteiger partial charge < -0.3 is 19.9 Å². The number of halogens is 2. The normalized spacial score (nSPS) is 23.0. The summed E-state index contributed by atoms with van der Waals surface area (Å²) >= 11 is 0. The van der Waals surface area contributed by atoms with Crippen LogP contribution in [0.2, 0.25) is 0 Å². The highest BCUT2D eigenvalue weighted by atomic mass is 32.2. The third kappa shape index (κ3) is 5.65. The SMILES string of the molecule is CCS(=O)(=O)Nc1ccc(C(=O)Nc2cc3c(c(N4CCC(F)(F)CC4)c2)OCC3)c(N2CCC3(CC2)CC2(CC2)C3)c1. The maximum absolute atomic E-state index is 13.9. The molecule has 4 fully saturated rings. The molecule has 7 rings (SSSR count). The molecular weight excluding hydrogens is 574 g/mol. The lowest BCUT2D eigenvalue weighted by Gasteiger charge is -2.53. The third-order valence-electron chi connectivity index (χ3n) is 10.4. The van der Waals surface area contributed by atoms with E-state index in [1.54, 1.807) is 25.1 Å². The van der Waals surface area contributed by atoms with E-state index in [4.69, 9.17) is 4.74 Å². The van der Waals surface area contributed by atoms with Gasteiger partial charge in [-0.3, -0.25) is 9.52 Å². The first-order chi connectivity index (χ1) is 20.5. The van der Waals surface area contributed by atoms with Crippen LogP contribution >= 0.6 is 0 Å². The number of sulfonamides is 1. The molecule has 232 valence electrons. The number of piperidine rings is 2. The molecule has 2 aromatic carbocycles. The summed E-state index contributed by atoms with van der Waals surface area (Å²) in [6, 6.07) is 8.83. The molecule has 0 unspecified atom stereocenters. The quantitative estimate of drug-likeness (QED) is 0.396. The second-order valence-electron chi connectivity index (χ2n) is 13.5.